The number of carbonyl (C=O) groups is 2. The highest BCUT2D eigenvalue weighted by Gasteiger charge is 2.23. The van der Waals surface area contributed by atoms with Crippen molar-refractivity contribution in [3.63, 3.8) is 0 Å². The monoisotopic (exact) mass is 463 g/mol. The molecule has 1 fully saturated rings. The summed E-state index contributed by atoms with van der Waals surface area (Å²) in [6, 6.07) is 11.3. The zero-order chi connectivity index (χ0) is 22.6. The Morgan fingerprint density at radius 1 is 1.16 bits per heavy atom. The van der Waals surface area contributed by atoms with E-state index in [4.69, 9.17) is 11.6 Å². The van der Waals surface area contributed by atoms with Crippen LogP contribution in [0.25, 0.3) is 0 Å². The molecule has 166 valence electrons. The van der Waals surface area contributed by atoms with E-state index in [0.717, 1.165) is 18.5 Å². The van der Waals surface area contributed by atoms with Gasteiger partial charge in [-0.2, -0.15) is 4.31 Å². The largest absolute Gasteiger partial charge is 0.338 e. The van der Waals surface area contributed by atoms with Crippen molar-refractivity contribution in [1.82, 2.24) is 9.21 Å². The molecule has 0 saturated carbocycles. The van der Waals surface area contributed by atoms with Crippen LogP contribution in [-0.2, 0) is 21.4 Å². The first kappa shape index (κ1) is 23.2. The van der Waals surface area contributed by atoms with Crippen LogP contribution in [0.15, 0.2) is 47.4 Å². The van der Waals surface area contributed by atoms with Gasteiger partial charge in [0.1, 0.15) is 0 Å². The molecule has 1 heterocycles. The number of nitrogens with zero attached hydrogens (tertiary/aromatic N) is 2. The summed E-state index contributed by atoms with van der Waals surface area (Å²) in [5, 5.41) is 2.95. The summed E-state index contributed by atoms with van der Waals surface area (Å²) in [5.74, 6) is -0.290. The molecule has 9 heteroatoms. The summed E-state index contributed by atoms with van der Waals surface area (Å²) in [5.41, 5.74) is 1.48. The van der Waals surface area contributed by atoms with E-state index < -0.39 is 15.9 Å². The van der Waals surface area contributed by atoms with E-state index in [1.54, 1.807) is 36.9 Å². The highest BCUT2D eigenvalue weighted by atomic mass is 35.5. The van der Waals surface area contributed by atoms with E-state index in [9.17, 15) is 18.0 Å². The molecule has 2 aromatic carbocycles. The Labute approximate surface area is 188 Å². The van der Waals surface area contributed by atoms with E-state index in [1.807, 2.05) is 6.07 Å². The maximum Gasteiger partial charge on any atom is 0.255 e. The van der Waals surface area contributed by atoms with Crippen molar-refractivity contribution in [3.8, 4) is 0 Å². The van der Waals surface area contributed by atoms with Crippen molar-refractivity contribution in [2.45, 2.75) is 38.1 Å². The predicted octanol–water partition coefficient (Wildman–Crippen LogP) is 3.75. The average molecular weight is 464 g/mol. The fraction of sp³-hybridized carbons (Fsp3) is 0.364. The lowest BCUT2D eigenvalue weighted by Crippen LogP contribution is -2.30. The standard InChI is InChI=1S/C22H26ClN3O4S/c1-3-26(4-2)31(29,30)18-10-11-19(23)20(14-18)24-22(28)17-8-5-7-16(13-17)15-25-12-6-9-21(25)27/h5,7-8,10-11,13-14H,3-4,6,9,12,15H2,1-2H3,(H,24,28). The highest BCUT2D eigenvalue weighted by Crippen LogP contribution is 2.27. The summed E-state index contributed by atoms with van der Waals surface area (Å²) in [6.45, 7) is 5.40. The van der Waals surface area contributed by atoms with Gasteiger partial charge in [0.25, 0.3) is 5.91 Å². The molecule has 0 bridgehead atoms. The van der Waals surface area contributed by atoms with Gasteiger partial charge in [0, 0.05) is 38.2 Å². The molecule has 1 N–H and O–H groups in total. The zero-order valence-corrected chi connectivity index (χ0v) is 19.2. The van der Waals surface area contributed by atoms with Crippen LogP contribution in [0, 0.1) is 0 Å². The Morgan fingerprint density at radius 3 is 2.55 bits per heavy atom. The normalized spacial score (nSPS) is 14.3. The molecule has 1 aliphatic rings. The number of hydrogen-bond acceptors (Lipinski definition) is 4. The summed E-state index contributed by atoms with van der Waals surface area (Å²) in [6.07, 6.45) is 1.41. The molecule has 2 amide bonds. The van der Waals surface area contributed by atoms with Gasteiger partial charge in [0.15, 0.2) is 0 Å². The van der Waals surface area contributed by atoms with Gasteiger partial charge in [-0.1, -0.05) is 37.6 Å². The van der Waals surface area contributed by atoms with Crippen LogP contribution in [0.5, 0.6) is 0 Å². The van der Waals surface area contributed by atoms with Gasteiger partial charge in [-0.05, 0) is 42.3 Å². The van der Waals surface area contributed by atoms with Crippen LogP contribution in [0.3, 0.4) is 0 Å². The minimum atomic E-state index is -3.68. The molecule has 0 radical (unpaired) electrons. The molecule has 1 aliphatic heterocycles. The molecule has 31 heavy (non-hydrogen) atoms. The Bertz CT molecular complexity index is 1080. The maximum atomic E-state index is 12.8. The molecule has 0 unspecified atom stereocenters. The van der Waals surface area contributed by atoms with Crippen molar-refractivity contribution in [2.24, 2.45) is 0 Å². The first-order valence-corrected chi connectivity index (χ1v) is 12.1. The third-order valence-corrected chi connectivity index (χ3v) is 7.64. The first-order valence-electron chi connectivity index (χ1n) is 10.2. The average Bonchev–Trinajstić information content (AvgIpc) is 3.14. The SMILES string of the molecule is CCN(CC)S(=O)(=O)c1ccc(Cl)c(NC(=O)c2cccc(CN3CCCC3=O)c2)c1. The van der Waals surface area contributed by atoms with Crippen molar-refractivity contribution in [3.05, 3.63) is 58.6 Å². The topological polar surface area (TPSA) is 86.8 Å². The highest BCUT2D eigenvalue weighted by molar-refractivity contribution is 7.89. The molecule has 0 atom stereocenters. The minimum Gasteiger partial charge on any atom is -0.338 e. The molecular formula is C22H26ClN3O4S. The Morgan fingerprint density at radius 2 is 1.90 bits per heavy atom. The number of amides is 2. The lowest BCUT2D eigenvalue weighted by molar-refractivity contribution is -0.128. The smallest absolute Gasteiger partial charge is 0.255 e. The van der Waals surface area contributed by atoms with Gasteiger partial charge in [0.2, 0.25) is 15.9 Å². The fourth-order valence-electron chi connectivity index (χ4n) is 3.57. The number of benzene rings is 2. The molecule has 0 aromatic heterocycles. The third kappa shape index (κ3) is 5.26. The molecule has 0 aliphatic carbocycles. The van der Waals surface area contributed by atoms with Gasteiger partial charge >= 0.3 is 0 Å². The summed E-state index contributed by atoms with van der Waals surface area (Å²) in [4.78, 5) is 26.5. The molecule has 2 aromatic rings. The molecule has 3 rings (SSSR count). The van der Waals surface area contributed by atoms with Crippen molar-refractivity contribution < 1.29 is 18.0 Å². The first-order chi connectivity index (χ1) is 14.8. The second kappa shape index (κ2) is 9.80. The van der Waals surface area contributed by atoms with Gasteiger partial charge in [0.05, 0.1) is 15.6 Å². The Balaban J connectivity index is 1.80. The van der Waals surface area contributed by atoms with E-state index in [-0.39, 0.29) is 21.5 Å². The van der Waals surface area contributed by atoms with Crippen LogP contribution in [0.4, 0.5) is 5.69 Å². The second-order valence-corrected chi connectivity index (χ2v) is 9.65. The van der Waals surface area contributed by atoms with E-state index in [1.165, 1.54) is 22.5 Å². The van der Waals surface area contributed by atoms with Gasteiger partial charge < -0.3 is 10.2 Å². The number of anilines is 1. The van der Waals surface area contributed by atoms with Crippen molar-refractivity contribution in [2.75, 3.05) is 25.0 Å². The summed E-state index contributed by atoms with van der Waals surface area (Å²) >= 11 is 6.22. The van der Waals surface area contributed by atoms with Crippen LogP contribution in [0.1, 0.15) is 42.6 Å². The maximum absolute atomic E-state index is 12.8. The number of sulfonamides is 1. The fourth-order valence-corrected chi connectivity index (χ4v) is 5.22. The number of carbonyl (C=O) groups excluding carboxylic acids is 2. The molecule has 7 nitrogen and oxygen atoms in total. The zero-order valence-electron chi connectivity index (χ0n) is 17.6. The third-order valence-electron chi connectivity index (χ3n) is 5.26. The van der Waals surface area contributed by atoms with E-state index in [0.29, 0.717) is 31.6 Å². The van der Waals surface area contributed by atoms with Crippen LogP contribution >= 0.6 is 11.6 Å². The number of likely N-dealkylation sites (tertiary alicyclic amines) is 1. The lowest BCUT2D eigenvalue weighted by atomic mass is 10.1. The predicted molar refractivity (Wildman–Crippen MR) is 121 cm³/mol. The second-order valence-electron chi connectivity index (χ2n) is 7.30. The number of halogens is 1. The van der Waals surface area contributed by atoms with Crippen LogP contribution in [-0.4, -0.2) is 49.1 Å². The van der Waals surface area contributed by atoms with Crippen LogP contribution < -0.4 is 5.32 Å². The summed E-state index contributed by atoms with van der Waals surface area (Å²) in [7, 11) is -3.68. The van der Waals surface area contributed by atoms with Crippen molar-refractivity contribution >= 4 is 39.1 Å². The van der Waals surface area contributed by atoms with E-state index in [2.05, 4.69) is 5.32 Å². The van der Waals surface area contributed by atoms with Gasteiger partial charge in [-0.15, -0.1) is 0 Å². The quantitative estimate of drug-likeness (QED) is 0.646. The minimum absolute atomic E-state index is 0.0668. The molecule has 0 spiro atoms. The Kier molecular flexibility index (Phi) is 7.35. The van der Waals surface area contributed by atoms with E-state index >= 15 is 0 Å². The Hall–Kier alpha value is -2.42. The van der Waals surface area contributed by atoms with Gasteiger partial charge in [-0.3, -0.25) is 9.59 Å². The summed E-state index contributed by atoms with van der Waals surface area (Å²) < 4.78 is 26.9. The molecular weight excluding hydrogens is 438 g/mol. The van der Waals surface area contributed by atoms with Crippen molar-refractivity contribution in [1.29, 1.82) is 0 Å². The number of hydrogen-bond donors (Lipinski definition) is 1. The van der Waals surface area contributed by atoms with Gasteiger partial charge in [-0.25, -0.2) is 8.42 Å². The molecule has 1 saturated heterocycles. The number of rotatable bonds is 8. The lowest BCUT2D eigenvalue weighted by Gasteiger charge is -2.19. The van der Waals surface area contributed by atoms with Crippen LogP contribution in [0.2, 0.25) is 5.02 Å². The number of nitrogens with one attached hydrogen (secondary N) is 1.